The molecule has 162 valence electrons. The van der Waals surface area contributed by atoms with E-state index in [9.17, 15) is 30.8 Å². The van der Waals surface area contributed by atoms with Gasteiger partial charge in [0.2, 0.25) is 10.0 Å². The lowest BCUT2D eigenvalue weighted by atomic mass is 10.1. The van der Waals surface area contributed by atoms with Crippen LogP contribution in [0.2, 0.25) is 0 Å². The quantitative estimate of drug-likeness (QED) is 0.531. The van der Waals surface area contributed by atoms with Crippen molar-refractivity contribution in [1.82, 2.24) is 10.0 Å². The van der Waals surface area contributed by atoms with E-state index in [2.05, 4.69) is 10.0 Å². The van der Waals surface area contributed by atoms with Gasteiger partial charge in [-0.3, -0.25) is 9.59 Å². The number of sulfonamides is 1. The molecule has 1 aliphatic rings. The second-order valence-electron chi connectivity index (χ2n) is 7.05. The molecule has 1 amide bonds. The molecule has 1 fully saturated rings. The first kappa shape index (κ1) is 23.2. The van der Waals surface area contributed by atoms with Crippen molar-refractivity contribution in [1.29, 1.82) is 0 Å². The number of benzene rings is 1. The Kier molecular flexibility index (Phi) is 7.35. The summed E-state index contributed by atoms with van der Waals surface area (Å²) in [6.07, 6.45) is 0.277. The number of carbonyl (C=O) groups excluding carboxylic acids is 2. The van der Waals surface area contributed by atoms with Gasteiger partial charge in [0.1, 0.15) is 16.8 Å². The molecule has 0 spiro atoms. The molecule has 29 heavy (non-hydrogen) atoms. The number of ether oxygens (including phenoxy) is 1. The Morgan fingerprint density at radius 3 is 2.48 bits per heavy atom. The SMILES string of the molecule is CC(C)[C@H](NS(=O)(=O)c1ccccc1F)C(=O)OCC(=O)NC1CCS(=O)(=O)C1. The fourth-order valence-corrected chi connectivity index (χ4v) is 5.84. The van der Waals surface area contributed by atoms with E-state index in [1.54, 1.807) is 13.8 Å². The number of hydrogen-bond acceptors (Lipinski definition) is 7. The zero-order chi connectivity index (χ0) is 21.8. The minimum Gasteiger partial charge on any atom is -0.454 e. The van der Waals surface area contributed by atoms with Crippen LogP contribution in [0, 0.1) is 11.7 Å². The van der Waals surface area contributed by atoms with Gasteiger partial charge in [-0.05, 0) is 24.5 Å². The Morgan fingerprint density at radius 1 is 1.28 bits per heavy atom. The molecule has 0 radical (unpaired) electrons. The van der Waals surface area contributed by atoms with Crippen LogP contribution in [-0.4, -0.2) is 58.9 Å². The van der Waals surface area contributed by atoms with E-state index in [4.69, 9.17) is 4.74 Å². The number of esters is 1. The molecule has 1 unspecified atom stereocenters. The van der Waals surface area contributed by atoms with Crippen molar-refractivity contribution in [2.24, 2.45) is 5.92 Å². The van der Waals surface area contributed by atoms with Gasteiger partial charge in [0.25, 0.3) is 5.91 Å². The number of sulfone groups is 1. The Morgan fingerprint density at radius 2 is 1.93 bits per heavy atom. The first-order valence-electron chi connectivity index (χ1n) is 8.84. The van der Waals surface area contributed by atoms with Crippen molar-refractivity contribution in [3.8, 4) is 0 Å². The minimum atomic E-state index is -4.34. The molecule has 1 saturated heterocycles. The summed E-state index contributed by atoms with van der Waals surface area (Å²) in [5.74, 6) is -3.42. The van der Waals surface area contributed by atoms with Gasteiger partial charge in [-0.25, -0.2) is 21.2 Å². The summed E-state index contributed by atoms with van der Waals surface area (Å²) in [7, 11) is -7.52. The van der Waals surface area contributed by atoms with Crippen LogP contribution in [0.5, 0.6) is 0 Å². The average Bonchev–Trinajstić information content (AvgIpc) is 2.96. The van der Waals surface area contributed by atoms with Crippen LogP contribution in [0.1, 0.15) is 20.3 Å². The predicted octanol–water partition coefficient (Wildman–Crippen LogP) is -0.0249. The molecule has 0 saturated carbocycles. The van der Waals surface area contributed by atoms with Gasteiger partial charge < -0.3 is 10.1 Å². The van der Waals surface area contributed by atoms with E-state index in [-0.39, 0.29) is 17.9 Å². The molecule has 2 N–H and O–H groups in total. The number of rotatable bonds is 8. The van der Waals surface area contributed by atoms with E-state index in [1.165, 1.54) is 12.1 Å². The van der Waals surface area contributed by atoms with Crippen LogP contribution >= 0.6 is 0 Å². The standard InChI is InChI=1S/C17H23FN2O7S2/c1-11(2)16(20-29(25,26)14-6-4-3-5-13(14)18)17(22)27-9-15(21)19-12-7-8-28(23,24)10-12/h3-6,11-12,16,20H,7-10H2,1-2H3,(H,19,21)/t12?,16-/m0/s1. The molecule has 1 aromatic carbocycles. The van der Waals surface area contributed by atoms with Gasteiger partial charge in [0.15, 0.2) is 16.4 Å². The molecular weight excluding hydrogens is 427 g/mol. The van der Waals surface area contributed by atoms with Crippen LogP contribution in [0.3, 0.4) is 0 Å². The second kappa shape index (κ2) is 9.18. The summed E-state index contributed by atoms with van der Waals surface area (Å²) in [6, 6.07) is 2.81. The van der Waals surface area contributed by atoms with Gasteiger partial charge in [-0.15, -0.1) is 0 Å². The molecule has 1 heterocycles. The lowest BCUT2D eigenvalue weighted by Crippen LogP contribution is -2.46. The molecule has 12 heteroatoms. The lowest BCUT2D eigenvalue weighted by molar-refractivity contribution is -0.151. The number of hydrogen-bond donors (Lipinski definition) is 2. The summed E-state index contributed by atoms with van der Waals surface area (Å²) in [5.41, 5.74) is 0. The van der Waals surface area contributed by atoms with Crippen LogP contribution in [-0.2, 0) is 34.2 Å². The number of amides is 1. The van der Waals surface area contributed by atoms with Crippen molar-refractivity contribution in [2.75, 3.05) is 18.1 Å². The normalized spacial score (nSPS) is 19.7. The third-order valence-electron chi connectivity index (χ3n) is 4.27. The van der Waals surface area contributed by atoms with Gasteiger partial charge in [-0.1, -0.05) is 26.0 Å². The molecule has 0 bridgehead atoms. The topological polar surface area (TPSA) is 136 Å². The van der Waals surface area contributed by atoms with Crippen molar-refractivity contribution in [3.05, 3.63) is 30.1 Å². The van der Waals surface area contributed by atoms with Crippen LogP contribution in [0.25, 0.3) is 0 Å². The van der Waals surface area contributed by atoms with Crippen molar-refractivity contribution in [2.45, 2.75) is 37.2 Å². The van der Waals surface area contributed by atoms with Gasteiger partial charge in [-0.2, -0.15) is 4.72 Å². The molecule has 0 aliphatic carbocycles. The smallest absolute Gasteiger partial charge is 0.324 e. The summed E-state index contributed by atoms with van der Waals surface area (Å²) >= 11 is 0. The Bertz CT molecular complexity index is 977. The predicted molar refractivity (Wildman–Crippen MR) is 102 cm³/mol. The van der Waals surface area contributed by atoms with Gasteiger partial charge >= 0.3 is 5.97 Å². The van der Waals surface area contributed by atoms with E-state index in [0.29, 0.717) is 0 Å². The summed E-state index contributed by atoms with van der Waals surface area (Å²) in [5, 5.41) is 2.46. The highest BCUT2D eigenvalue weighted by atomic mass is 32.2. The number of carbonyl (C=O) groups is 2. The molecule has 1 aliphatic heterocycles. The van der Waals surface area contributed by atoms with Crippen LogP contribution < -0.4 is 10.0 Å². The fourth-order valence-electron chi connectivity index (χ4n) is 2.75. The highest BCUT2D eigenvalue weighted by molar-refractivity contribution is 7.91. The molecule has 2 atom stereocenters. The fraction of sp³-hybridized carbons (Fsp3) is 0.529. The second-order valence-corrected chi connectivity index (χ2v) is 11.0. The Hall–Kier alpha value is -2.05. The Labute approximate surface area is 169 Å². The highest BCUT2D eigenvalue weighted by Crippen LogP contribution is 2.16. The number of halogens is 1. The maximum absolute atomic E-state index is 13.8. The third kappa shape index (κ3) is 6.47. The summed E-state index contributed by atoms with van der Waals surface area (Å²) in [6.45, 7) is 2.42. The largest absolute Gasteiger partial charge is 0.454 e. The molecule has 9 nitrogen and oxygen atoms in total. The maximum atomic E-state index is 13.8. The van der Waals surface area contributed by atoms with Crippen LogP contribution in [0.15, 0.2) is 29.2 Å². The van der Waals surface area contributed by atoms with Crippen molar-refractivity contribution < 1.29 is 35.6 Å². The average molecular weight is 451 g/mol. The van der Waals surface area contributed by atoms with Gasteiger partial charge in [0.05, 0.1) is 11.5 Å². The molecule has 1 aromatic rings. The molecular formula is C17H23FN2O7S2. The minimum absolute atomic E-state index is 0.0228. The third-order valence-corrected chi connectivity index (χ3v) is 7.51. The van der Waals surface area contributed by atoms with E-state index in [0.717, 1.165) is 12.1 Å². The van der Waals surface area contributed by atoms with Crippen molar-refractivity contribution in [3.63, 3.8) is 0 Å². The van der Waals surface area contributed by atoms with E-state index >= 15 is 0 Å². The first-order chi connectivity index (χ1) is 13.4. The van der Waals surface area contributed by atoms with Crippen molar-refractivity contribution >= 4 is 31.7 Å². The van der Waals surface area contributed by atoms with E-state index in [1.807, 2.05) is 0 Å². The van der Waals surface area contributed by atoms with Crippen LogP contribution in [0.4, 0.5) is 4.39 Å². The number of nitrogens with one attached hydrogen (secondary N) is 2. The zero-order valence-electron chi connectivity index (χ0n) is 15.9. The molecule has 2 rings (SSSR count). The Balaban J connectivity index is 1.97. The van der Waals surface area contributed by atoms with E-state index < -0.39 is 67.1 Å². The van der Waals surface area contributed by atoms with Gasteiger partial charge in [0, 0.05) is 6.04 Å². The monoisotopic (exact) mass is 450 g/mol. The summed E-state index contributed by atoms with van der Waals surface area (Å²) in [4.78, 5) is 23.6. The lowest BCUT2D eigenvalue weighted by Gasteiger charge is -2.21. The maximum Gasteiger partial charge on any atom is 0.324 e. The highest BCUT2D eigenvalue weighted by Gasteiger charge is 2.32. The zero-order valence-corrected chi connectivity index (χ0v) is 17.6. The summed E-state index contributed by atoms with van der Waals surface area (Å²) < 4.78 is 68.4. The first-order valence-corrected chi connectivity index (χ1v) is 12.1. The molecule has 0 aromatic heterocycles.